The second kappa shape index (κ2) is 12.1. The molecule has 1 atom stereocenters. The first-order valence-electron chi connectivity index (χ1n) is 11.2. The molecule has 0 aliphatic rings. The van der Waals surface area contributed by atoms with Gasteiger partial charge in [-0.25, -0.2) is 4.98 Å². The molecule has 0 radical (unpaired) electrons. The molecule has 8 nitrogen and oxygen atoms in total. The average molecular weight is 456 g/mol. The normalized spacial score (nSPS) is 11.7. The van der Waals surface area contributed by atoms with Crippen molar-refractivity contribution in [3.8, 4) is 0 Å². The molecule has 0 saturated heterocycles. The van der Waals surface area contributed by atoms with Gasteiger partial charge in [0.15, 0.2) is 11.9 Å². The number of carbonyl (C=O) groups excluding carboxylic acids is 3. The molecule has 3 aromatic rings. The molecule has 3 rings (SSSR count). The maximum Gasteiger partial charge on any atom is 0.310 e. The van der Waals surface area contributed by atoms with E-state index in [-0.39, 0.29) is 12.1 Å². The molecule has 178 valence electrons. The Hall–Kier alpha value is -3.29. The topological polar surface area (TPSA) is 100 Å². The summed E-state index contributed by atoms with van der Waals surface area (Å²) in [6.45, 7) is 11.2. The molecule has 0 N–H and O–H groups in total. The van der Waals surface area contributed by atoms with E-state index < -0.39 is 11.9 Å². The molecule has 33 heavy (non-hydrogen) atoms. The second-order valence-corrected chi connectivity index (χ2v) is 8.31. The van der Waals surface area contributed by atoms with Crippen molar-refractivity contribution in [1.82, 2.24) is 14.5 Å². The molecular weight excluding hydrogens is 422 g/mol. The van der Waals surface area contributed by atoms with Crippen molar-refractivity contribution in [2.75, 3.05) is 0 Å². The van der Waals surface area contributed by atoms with E-state index in [1.165, 1.54) is 20.8 Å². The van der Waals surface area contributed by atoms with Crippen molar-refractivity contribution < 1.29 is 23.9 Å². The number of aromatic nitrogens is 3. The molecule has 2 heterocycles. The number of pyridine rings is 1. The highest BCUT2D eigenvalue weighted by atomic mass is 16.6. The molecule has 0 aliphatic carbocycles. The van der Waals surface area contributed by atoms with Crippen LogP contribution in [0.1, 0.15) is 72.7 Å². The minimum absolute atomic E-state index is 0.266. The lowest BCUT2D eigenvalue weighted by Crippen LogP contribution is -2.16. The van der Waals surface area contributed by atoms with Gasteiger partial charge in [0, 0.05) is 32.7 Å². The van der Waals surface area contributed by atoms with Gasteiger partial charge in [-0.05, 0) is 24.8 Å². The molecule has 0 amide bonds. The van der Waals surface area contributed by atoms with Crippen LogP contribution in [0.2, 0.25) is 0 Å². The number of hydrogen-bond acceptors (Lipinski definition) is 7. The molecule has 8 heteroatoms. The van der Waals surface area contributed by atoms with Crippen LogP contribution in [0.5, 0.6) is 0 Å². The summed E-state index contributed by atoms with van der Waals surface area (Å²) in [6.07, 6.45) is 4.32. The third-order valence-electron chi connectivity index (χ3n) is 4.76. The summed E-state index contributed by atoms with van der Waals surface area (Å²) < 4.78 is 11.9. The summed E-state index contributed by atoms with van der Waals surface area (Å²) in [6, 6.07) is 8.12. The fraction of sp³-hybridized carbons (Fsp3) is 0.480. The van der Waals surface area contributed by atoms with Crippen molar-refractivity contribution in [1.29, 1.82) is 0 Å². The fourth-order valence-electron chi connectivity index (χ4n) is 3.61. The van der Waals surface area contributed by atoms with Crippen molar-refractivity contribution in [2.24, 2.45) is 5.92 Å². The summed E-state index contributed by atoms with van der Waals surface area (Å²) in [5.41, 5.74) is 2.88. The number of fused-ring (bicyclic) bond motifs is 3. The van der Waals surface area contributed by atoms with Gasteiger partial charge in [-0.3, -0.25) is 19.4 Å². The summed E-state index contributed by atoms with van der Waals surface area (Å²) >= 11 is 0. The lowest BCUT2D eigenvalue weighted by Gasteiger charge is -2.19. The summed E-state index contributed by atoms with van der Waals surface area (Å²) in [5, 5.41) is 1.08. The SMILES string of the molecule is CC(=O)OC(C)=O.CCCCC(OC(C)=O)c1nc2cnc3ccccc3c2n1CC(C)C. The Morgan fingerprint density at radius 2 is 1.67 bits per heavy atom. The molecule has 0 aliphatic heterocycles. The maximum atomic E-state index is 11.7. The van der Waals surface area contributed by atoms with E-state index in [9.17, 15) is 14.4 Å². The number of benzene rings is 1. The number of ether oxygens (including phenoxy) is 2. The molecule has 1 unspecified atom stereocenters. The fourth-order valence-corrected chi connectivity index (χ4v) is 3.61. The van der Waals surface area contributed by atoms with Crippen LogP contribution >= 0.6 is 0 Å². The Morgan fingerprint density at radius 3 is 2.21 bits per heavy atom. The van der Waals surface area contributed by atoms with Crippen LogP contribution in [0.3, 0.4) is 0 Å². The van der Waals surface area contributed by atoms with E-state index >= 15 is 0 Å². The number of esters is 3. The first kappa shape index (κ1) is 26.0. The lowest BCUT2D eigenvalue weighted by molar-refractivity contribution is -0.156. The van der Waals surface area contributed by atoms with Crippen LogP contribution < -0.4 is 0 Å². The standard InChI is InChI=1S/C21H27N3O2.C4H6O3/c1-5-6-11-19(26-15(4)25)21-23-18-12-22-17-10-8-7-9-16(17)20(18)24(21)13-14(2)3;1-3(5)7-4(2)6/h7-10,12,14,19H,5-6,11,13H2,1-4H3;1-2H3. The van der Waals surface area contributed by atoms with Gasteiger partial charge in [-0.1, -0.05) is 45.4 Å². The minimum Gasteiger partial charge on any atom is -0.454 e. The highest BCUT2D eigenvalue weighted by molar-refractivity contribution is 6.02. The Balaban J connectivity index is 0.000000479. The van der Waals surface area contributed by atoms with E-state index in [0.29, 0.717) is 5.92 Å². The zero-order valence-corrected chi connectivity index (χ0v) is 20.3. The van der Waals surface area contributed by atoms with Crippen LogP contribution in [-0.2, 0) is 30.4 Å². The predicted octanol–water partition coefficient (Wildman–Crippen LogP) is 5.13. The summed E-state index contributed by atoms with van der Waals surface area (Å²) in [4.78, 5) is 40.7. The summed E-state index contributed by atoms with van der Waals surface area (Å²) in [5.74, 6) is -0.116. The van der Waals surface area contributed by atoms with Crippen LogP contribution in [-0.4, -0.2) is 32.4 Å². The number of nitrogens with zero attached hydrogens (tertiary/aromatic N) is 3. The van der Waals surface area contributed by atoms with Gasteiger partial charge in [-0.15, -0.1) is 0 Å². The van der Waals surface area contributed by atoms with Crippen molar-refractivity contribution in [3.05, 3.63) is 36.3 Å². The largest absolute Gasteiger partial charge is 0.454 e. The quantitative estimate of drug-likeness (QED) is 0.359. The number of hydrogen-bond donors (Lipinski definition) is 0. The van der Waals surface area contributed by atoms with Crippen molar-refractivity contribution in [3.63, 3.8) is 0 Å². The Labute approximate surface area is 194 Å². The van der Waals surface area contributed by atoms with Crippen LogP contribution in [0.25, 0.3) is 21.9 Å². The highest BCUT2D eigenvalue weighted by Crippen LogP contribution is 2.31. The van der Waals surface area contributed by atoms with Crippen molar-refractivity contribution in [2.45, 2.75) is 73.5 Å². The number of carbonyl (C=O) groups is 3. The van der Waals surface area contributed by atoms with E-state index in [2.05, 4.69) is 41.1 Å². The van der Waals surface area contributed by atoms with E-state index in [1.807, 2.05) is 24.4 Å². The van der Waals surface area contributed by atoms with Gasteiger partial charge in [0.1, 0.15) is 5.52 Å². The second-order valence-electron chi connectivity index (χ2n) is 8.31. The van der Waals surface area contributed by atoms with Gasteiger partial charge in [0.2, 0.25) is 0 Å². The summed E-state index contributed by atoms with van der Waals surface area (Å²) in [7, 11) is 0. The Kier molecular flexibility index (Phi) is 9.51. The third-order valence-corrected chi connectivity index (χ3v) is 4.76. The number of imidazole rings is 1. The number of unbranched alkanes of at least 4 members (excludes halogenated alkanes) is 1. The zero-order valence-electron chi connectivity index (χ0n) is 20.3. The molecule has 0 bridgehead atoms. The van der Waals surface area contributed by atoms with Gasteiger partial charge >= 0.3 is 17.9 Å². The van der Waals surface area contributed by atoms with E-state index in [4.69, 9.17) is 9.72 Å². The first-order valence-corrected chi connectivity index (χ1v) is 11.2. The molecule has 0 spiro atoms. The van der Waals surface area contributed by atoms with Gasteiger partial charge in [0.25, 0.3) is 0 Å². The molecule has 0 saturated carbocycles. The smallest absolute Gasteiger partial charge is 0.310 e. The monoisotopic (exact) mass is 455 g/mol. The maximum absolute atomic E-state index is 11.7. The Bertz CT molecular complexity index is 1110. The van der Waals surface area contributed by atoms with Gasteiger partial charge in [0.05, 0.1) is 17.2 Å². The van der Waals surface area contributed by atoms with Crippen LogP contribution in [0.15, 0.2) is 30.5 Å². The number of para-hydroxylation sites is 1. The van der Waals surface area contributed by atoms with E-state index in [1.54, 1.807) is 0 Å². The van der Waals surface area contributed by atoms with Crippen LogP contribution in [0, 0.1) is 5.92 Å². The third kappa shape index (κ3) is 7.37. The number of rotatable bonds is 7. The highest BCUT2D eigenvalue weighted by Gasteiger charge is 2.24. The minimum atomic E-state index is -0.562. The lowest BCUT2D eigenvalue weighted by atomic mass is 10.1. The van der Waals surface area contributed by atoms with Crippen LogP contribution in [0.4, 0.5) is 0 Å². The molecule has 0 fully saturated rings. The molecule has 2 aromatic heterocycles. The first-order chi connectivity index (χ1) is 15.6. The molecule has 1 aromatic carbocycles. The average Bonchev–Trinajstić information content (AvgIpc) is 3.08. The molecular formula is C25H33N3O5. The van der Waals surface area contributed by atoms with Gasteiger partial charge in [-0.2, -0.15) is 0 Å². The zero-order chi connectivity index (χ0) is 24.5. The van der Waals surface area contributed by atoms with Crippen molar-refractivity contribution >= 4 is 39.8 Å². The Morgan fingerprint density at radius 1 is 1.00 bits per heavy atom. The van der Waals surface area contributed by atoms with Gasteiger partial charge < -0.3 is 14.0 Å². The predicted molar refractivity (Wildman–Crippen MR) is 126 cm³/mol. The van der Waals surface area contributed by atoms with E-state index in [0.717, 1.165) is 53.6 Å².